The highest BCUT2D eigenvalue weighted by atomic mass is 35.5. The zero-order valence-corrected chi connectivity index (χ0v) is 17.7. The van der Waals surface area contributed by atoms with E-state index in [2.05, 4.69) is 59.5 Å². The van der Waals surface area contributed by atoms with Crippen LogP contribution in [0.15, 0.2) is 59.4 Å². The molecule has 0 fully saturated rings. The lowest BCUT2D eigenvalue weighted by molar-refractivity contribution is 0.432. The zero-order chi connectivity index (χ0) is 20.6. The molecule has 0 radical (unpaired) electrons. The molecular weight excluding hydrogens is 384 g/mol. The lowest BCUT2D eigenvalue weighted by Gasteiger charge is -2.18. The molecule has 0 aliphatic carbocycles. The van der Waals surface area contributed by atoms with Crippen LogP contribution in [0.5, 0.6) is 0 Å². The van der Waals surface area contributed by atoms with Crippen molar-refractivity contribution in [2.24, 2.45) is 0 Å². The van der Waals surface area contributed by atoms with Gasteiger partial charge in [0, 0.05) is 30.2 Å². The number of pyridine rings is 1. The fourth-order valence-electron chi connectivity index (χ4n) is 3.18. The molecule has 0 N–H and O–H groups in total. The molecule has 1 aromatic carbocycles. The first-order valence-electron chi connectivity index (χ1n) is 9.52. The van der Waals surface area contributed by atoms with E-state index in [1.807, 2.05) is 30.5 Å². The Hall–Kier alpha value is -2.92. The van der Waals surface area contributed by atoms with Crippen molar-refractivity contribution in [3.05, 3.63) is 76.8 Å². The van der Waals surface area contributed by atoms with Gasteiger partial charge in [-0.25, -0.2) is 4.98 Å². The topological polar surface area (TPSA) is 56.7 Å². The Bertz CT molecular complexity index is 1120. The highest BCUT2D eigenvalue weighted by Crippen LogP contribution is 2.27. The van der Waals surface area contributed by atoms with Crippen LogP contribution in [0.25, 0.3) is 22.8 Å². The van der Waals surface area contributed by atoms with Crippen LogP contribution in [0.2, 0.25) is 5.15 Å². The Kier molecular flexibility index (Phi) is 5.01. The minimum Gasteiger partial charge on any atom is -0.346 e. The fraction of sp³-hybridized carbons (Fsp3) is 0.261. The molecule has 0 bridgehead atoms. The minimum atomic E-state index is 0.112. The number of aryl methyl sites for hydroxylation is 1. The van der Waals surface area contributed by atoms with Crippen molar-refractivity contribution in [3.63, 3.8) is 0 Å². The molecule has 0 saturated heterocycles. The van der Waals surface area contributed by atoms with Crippen LogP contribution in [0.1, 0.15) is 37.6 Å². The van der Waals surface area contributed by atoms with Gasteiger partial charge in [-0.2, -0.15) is 4.98 Å². The summed E-state index contributed by atoms with van der Waals surface area (Å²) in [6, 6.07) is 14.1. The van der Waals surface area contributed by atoms with Crippen LogP contribution in [0.4, 0.5) is 0 Å². The molecule has 3 heterocycles. The monoisotopic (exact) mass is 406 g/mol. The smallest absolute Gasteiger partial charge is 0.259 e. The number of nitrogens with zero attached hydrogens (tertiary/aromatic N) is 4. The molecule has 29 heavy (non-hydrogen) atoms. The number of hydrogen-bond donors (Lipinski definition) is 0. The van der Waals surface area contributed by atoms with E-state index in [4.69, 9.17) is 16.1 Å². The van der Waals surface area contributed by atoms with E-state index < -0.39 is 0 Å². The maximum absolute atomic E-state index is 5.87. The lowest BCUT2D eigenvalue weighted by Crippen LogP contribution is -2.10. The molecule has 4 rings (SSSR count). The first-order chi connectivity index (χ1) is 13.8. The molecule has 0 spiro atoms. The molecule has 0 atom stereocenters. The van der Waals surface area contributed by atoms with Gasteiger partial charge in [-0.15, -0.1) is 0 Å². The van der Waals surface area contributed by atoms with Gasteiger partial charge in [-0.1, -0.05) is 67.9 Å². The molecule has 0 aliphatic rings. The predicted molar refractivity (Wildman–Crippen MR) is 115 cm³/mol. The maximum atomic E-state index is 5.87. The van der Waals surface area contributed by atoms with Crippen LogP contribution in [-0.2, 0) is 12.0 Å². The van der Waals surface area contributed by atoms with Gasteiger partial charge in [-0.05, 0) is 35.6 Å². The number of benzene rings is 1. The Morgan fingerprint density at radius 3 is 2.45 bits per heavy atom. The Balaban J connectivity index is 1.56. The van der Waals surface area contributed by atoms with Crippen molar-refractivity contribution < 1.29 is 4.52 Å². The van der Waals surface area contributed by atoms with Gasteiger partial charge >= 0.3 is 0 Å². The number of hydrogen-bond acceptors (Lipinski definition) is 4. The van der Waals surface area contributed by atoms with Gasteiger partial charge in [0.05, 0.1) is 5.56 Å². The molecule has 6 heteroatoms. The summed E-state index contributed by atoms with van der Waals surface area (Å²) in [5, 5.41) is 4.66. The van der Waals surface area contributed by atoms with E-state index >= 15 is 0 Å². The molecule has 3 aromatic heterocycles. The van der Waals surface area contributed by atoms with Gasteiger partial charge in [0.25, 0.3) is 5.89 Å². The average Bonchev–Trinajstić information content (AvgIpc) is 3.30. The number of aromatic nitrogens is 4. The van der Waals surface area contributed by atoms with E-state index in [0.29, 0.717) is 23.4 Å². The SMILES string of the molecule is Cc1cc(-c2nc(-c3ccc(C(C)(C)C)cc3)no2)cn1Cc1ccc(Cl)nc1. The maximum Gasteiger partial charge on any atom is 0.259 e. The Labute approximate surface area is 175 Å². The van der Waals surface area contributed by atoms with E-state index in [9.17, 15) is 0 Å². The van der Waals surface area contributed by atoms with Crippen molar-refractivity contribution in [2.75, 3.05) is 0 Å². The van der Waals surface area contributed by atoms with Gasteiger partial charge in [0.1, 0.15) is 5.15 Å². The normalized spacial score (nSPS) is 11.8. The molecule has 0 saturated carbocycles. The summed E-state index contributed by atoms with van der Waals surface area (Å²) in [7, 11) is 0. The summed E-state index contributed by atoms with van der Waals surface area (Å²) in [4.78, 5) is 8.73. The fourth-order valence-corrected chi connectivity index (χ4v) is 3.29. The van der Waals surface area contributed by atoms with Gasteiger partial charge in [0.15, 0.2) is 0 Å². The third-order valence-electron chi connectivity index (χ3n) is 4.94. The quantitative estimate of drug-likeness (QED) is 0.395. The first kappa shape index (κ1) is 19.4. The molecular formula is C23H23ClN4O. The van der Waals surface area contributed by atoms with E-state index in [1.54, 1.807) is 12.3 Å². The van der Waals surface area contributed by atoms with Gasteiger partial charge < -0.3 is 9.09 Å². The predicted octanol–water partition coefficient (Wildman–Crippen LogP) is 5.91. The summed E-state index contributed by atoms with van der Waals surface area (Å²) in [6.07, 6.45) is 3.80. The number of halogens is 1. The van der Waals surface area contributed by atoms with E-state index in [0.717, 1.165) is 22.4 Å². The Morgan fingerprint density at radius 2 is 1.79 bits per heavy atom. The summed E-state index contributed by atoms with van der Waals surface area (Å²) in [6.45, 7) is 9.34. The molecule has 5 nitrogen and oxygen atoms in total. The standard InChI is InChI=1S/C23H23ClN4O/c1-15-11-18(14-28(15)13-16-5-10-20(24)25-12-16)22-26-21(27-29-22)17-6-8-19(9-7-17)23(2,3)4/h5-12,14H,13H2,1-4H3. The molecule has 0 unspecified atom stereocenters. The van der Waals surface area contributed by atoms with Crippen LogP contribution >= 0.6 is 11.6 Å². The molecule has 0 amide bonds. The van der Waals surface area contributed by atoms with Crippen LogP contribution in [-0.4, -0.2) is 19.7 Å². The second-order valence-corrected chi connectivity index (χ2v) is 8.62. The average molecular weight is 407 g/mol. The molecule has 4 aromatic rings. The van der Waals surface area contributed by atoms with Crippen molar-refractivity contribution in [3.8, 4) is 22.8 Å². The summed E-state index contributed by atoms with van der Waals surface area (Å²) < 4.78 is 7.66. The lowest BCUT2D eigenvalue weighted by atomic mass is 9.87. The van der Waals surface area contributed by atoms with E-state index in [1.165, 1.54) is 5.56 Å². The first-order valence-corrected chi connectivity index (χ1v) is 9.89. The van der Waals surface area contributed by atoms with Crippen LogP contribution in [0, 0.1) is 6.92 Å². The van der Waals surface area contributed by atoms with Crippen molar-refractivity contribution in [2.45, 2.75) is 39.7 Å². The van der Waals surface area contributed by atoms with Gasteiger partial charge in [0.2, 0.25) is 5.82 Å². The highest BCUT2D eigenvalue weighted by molar-refractivity contribution is 6.29. The second-order valence-electron chi connectivity index (χ2n) is 8.24. The van der Waals surface area contributed by atoms with Crippen molar-refractivity contribution in [1.29, 1.82) is 0 Å². The third kappa shape index (κ3) is 4.25. The third-order valence-corrected chi connectivity index (χ3v) is 5.16. The molecule has 0 aliphatic heterocycles. The number of rotatable bonds is 4. The van der Waals surface area contributed by atoms with Crippen LogP contribution in [0.3, 0.4) is 0 Å². The van der Waals surface area contributed by atoms with Gasteiger partial charge in [-0.3, -0.25) is 0 Å². The summed E-state index contributed by atoms with van der Waals surface area (Å²) >= 11 is 5.87. The van der Waals surface area contributed by atoms with Crippen molar-refractivity contribution >= 4 is 11.6 Å². The summed E-state index contributed by atoms with van der Waals surface area (Å²) in [5.74, 6) is 1.10. The minimum absolute atomic E-state index is 0.112. The van der Waals surface area contributed by atoms with Crippen LogP contribution < -0.4 is 0 Å². The highest BCUT2D eigenvalue weighted by Gasteiger charge is 2.16. The van der Waals surface area contributed by atoms with Crippen molar-refractivity contribution in [1.82, 2.24) is 19.7 Å². The molecule has 148 valence electrons. The summed E-state index contributed by atoms with van der Waals surface area (Å²) in [5.41, 5.74) is 5.40. The van der Waals surface area contributed by atoms with E-state index in [-0.39, 0.29) is 5.41 Å². The zero-order valence-electron chi connectivity index (χ0n) is 17.0. The Morgan fingerprint density at radius 1 is 1.03 bits per heavy atom. The largest absolute Gasteiger partial charge is 0.346 e. The second kappa shape index (κ2) is 7.48.